The average molecular weight is 411 g/mol. The third-order valence-electron chi connectivity index (χ3n) is 5.73. The van der Waals surface area contributed by atoms with Gasteiger partial charge in [0.15, 0.2) is 5.82 Å². The molecule has 4 aromatic rings. The fourth-order valence-corrected chi connectivity index (χ4v) is 4.07. The van der Waals surface area contributed by atoms with Crippen molar-refractivity contribution < 1.29 is 0 Å². The first-order valence-corrected chi connectivity index (χ1v) is 10.9. The summed E-state index contributed by atoms with van der Waals surface area (Å²) in [6.45, 7) is 5.07. The van der Waals surface area contributed by atoms with E-state index in [1.807, 2.05) is 36.9 Å². The third kappa shape index (κ3) is 3.81. The standard InChI is InChI=1S/C25H26N6/c1-3-6-20-23(16-30-14-13-27-25(30)21-7-4-5-12-26-21)28-17-31-15-22(29-24(20)31)19-10-8-18(2)9-11-19/h4-5,7-8,10-15,17-18H,3,6,9,16H2,1-2H3. The van der Waals surface area contributed by atoms with Crippen molar-refractivity contribution in [2.75, 3.05) is 0 Å². The largest absolute Gasteiger partial charge is 0.324 e. The average Bonchev–Trinajstić information content (AvgIpc) is 3.44. The Morgan fingerprint density at radius 1 is 1.10 bits per heavy atom. The number of aromatic nitrogens is 6. The summed E-state index contributed by atoms with van der Waals surface area (Å²) in [5.41, 5.74) is 6.29. The van der Waals surface area contributed by atoms with Gasteiger partial charge >= 0.3 is 0 Å². The van der Waals surface area contributed by atoms with Crippen LogP contribution in [0.15, 0.2) is 67.5 Å². The quantitative estimate of drug-likeness (QED) is 0.450. The van der Waals surface area contributed by atoms with Crippen LogP contribution in [0.5, 0.6) is 0 Å². The topological polar surface area (TPSA) is 60.9 Å². The van der Waals surface area contributed by atoms with Crippen molar-refractivity contribution in [1.29, 1.82) is 0 Å². The van der Waals surface area contributed by atoms with Crippen LogP contribution in [0.3, 0.4) is 0 Å². The minimum absolute atomic E-state index is 0.591. The highest BCUT2D eigenvalue weighted by Crippen LogP contribution is 2.26. The number of imidazole rings is 2. The molecule has 4 heterocycles. The summed E-state index contributed by atoms with van der Waals surface area (Å²) in [4.78, 5) is 18.8. The summed E-state index contributed by atoms with van der Waals surface area (Å²) >= 11 is 0. The van der Waals surface area contributed by atoms with Crippen LogP contribution in [-0.2, 0) is 13.0 Å². The van der Waals surface area contributed by atoms with Crippen molar-refractivity contribution >= 4 is 11.2 Å². The van der Waals surface area contributed by atoms with Gasteiger partial charge in [-0.2, -0.15) is 0 Å². The normalized spacial score (nSPS) is 16.1. The summed E-state index contributed by atoms with van der Waals surface area (Å²) in [6, 6.07) is 5.88. The molecular weight excluding hydrogens is 384 g/mol. The molecule has 0 bridgehead atoms. The maximum atomic E-state index is 5.02. The molecule has 1 unspecified atom stereocenters. The van der Waals surface area contributed by atoms with E-state index in [9.17, 15) is 0 Å². The zero-order valence-corrected chi connectivity index (χ0v) is 17.9. The molecule has 0 aliphatic heterocycles. The van der Waals surface area contributed by atoms with E-state index in [2.05, 4.69) is 57.2 Å². The second-order valence-corrected chi connectivity index (χ2v) is 8.10. The number of aryl methyl sites for hydroxylation is 1. The van der Waals surface area contributed by atoms with Gasteiger partial charge in [-0.3, -0.25) is 9.38 Å². The molecule has 0 amide bonds. The van der Waals surface area contributed by atoms with Gasteiger partial charge in [0.05, 0.1) is 17.9 Å². The van der Waals surface area contributed by atoms with E-state index >= 15 is 0 Å². The number of fused-ring (bicyclic) bond motifs is 1. The van der Waals surface area contributed by atoms with E-state index in [1.54, 1.807) is 6.20 Å². The van der Waals surface area contributed by atoms with Gasteiger partial charge in [-0.05, 0) is 36.5 Å². The Morgan fingerprint density at radius 3 is 2.81 bits per heavy atom. The summed E-state index contributed by atoms with van der Waals surface area (Å²) in [7, 11) is 0. The molecule has 5 rings (SSSR count). The van der Waals surface area contributed by atoms with Gasteiger partial charge in [0, 0.05) is 30.4 Å². The first-order chi connectivity index (χ1) is 15.2. The van der Waals surface area contributed by atoms with E-state index < -0.39 is 0 Å². The van der Waals surface area contributed by atoms with E-state index in [0.717, 1.165) is 47.8 Å². The fraction of sp³-hybridized carbons (Fsp3) is 0.280. The molecule has 4 aromatic heterocycles. The number of allylic oxidation sites excluding steroid dienone is 4. The Morgan fingerprint density at radius 2 is 2.03 bits per heavy atom. The lowest BCUT2D eigenvalue weighted by molar-refractivity contribution is 0.739. The first kappa shape index (κ1) is 19.4. The lowest BCUT2D eigenvalue weighted by Gasteiger charge is -2.12. The molecule has 1 aliphatic carbocycles. The molecule has 1 atom stereocenters. The maximum absolute atomic E-state index is 5.02. The van der Waals surface area contributed by atoms with Crippen LogP contribution in [0.2, 0.25) is 0 Å². The third-order valence-corrected chi connectivity index (χ3v) is 5.73. The zero-order chi connectivity index (χ0) is 21.2. The molecule has 0 saturated heterocycles. The molecule has 6 heteroatoms. The smallest absolute Gasteiger partial charge is 0.158 e. The maximum Gasteiger partial charge on any atom is 0.158 e. The predicted molar refractivity (Wildman–Crippen MR) is 122 cm³/mol. The van der Waals surface area contributed by atoms with Crippen molar-refractivity contribution in [3.8, 4) is 11.5 Å². The molecule has 0 spiro atoms. The second-order valence-electron chi connectivity index (χ2n) is 8.10. The highest BCUT2D eigenvalue weighted by Gasteiger charge is 2.16. The van der Waals surface area contributed by atoms with Crippen LogP contribution in [0.25, 0.3) is 22.7 Å². The van der Waals surface area contributed by atoms with Gasteiger partial charge in [-0.15, -0.1) is 0 Å². The molecule has 156 valence electrons. The summed E-state index contributed by atoms with van der Waals surface area (Å²) < 4.78 is 4.17. The lowest BCUT2D eigenvalue weighted by atomic mass is 9.97. The minimum Gasteiger partial charge on any atom is -0.324 e. The molecule has 0 fully saturated rings. The van der Waals surface area contributed by atoms with E-state index in [4.69, 9.17) is 9.97 Å². The summed E-state index contributed by atoms with van der Waals surface area (Å²) in [6.07, 6.45) is 19.3. The van der Waals surface area contributed by atoms with E-state index in [-0.39, 0.29) is 0 Å². The Hall–Kier alpha value is -3.54. The van der Waals surface area contributed by atoms with Gasteiger partial charge in [0.1, 0.15) is 17.7 Å². The molecule has 0 saturated carbocycles. The van der Waals surface area contributed by atoms with Crippen molar-refractivity contribution in [2.45, 2.75) is 39.7 Å². The zero-order valence-electron chi connectivity index (χ0n) is 17.9. The molecule has 0 N–H and O–H groups in total. The van der Waals surface area contributed by atoms with E-state index in [0.29, 0.717) is 12.5 Å². The van der Waals surface area contributed by atoms with Crippen LogP contribution in [0.1, 0.15) is 43.6 Å². The van der Waals surface area contributed by atoms with Gasteiger partial charge in [-0.25, -0.2) is 15.0 Å². The van der Waals surface area contributed by atoms with Crippen molar-refractivity contribution in [3.05, 3.63) is 84.5 Å². The van der Waals surface area contributed by atoms with Crippen LogP contribution in [0.4, 0.5) is 0 Å². The van der Waals surface area contributed by atoms with Crippen molar-refractivity contribution in [1.82, 2.24) is 28.9 Å². The second kappa shape index (κ2) is 8.30. The highest BCUT2D eigenvalue weighted by molar-refractivity contribution is 5.74. The number of hydrogen-bond acceptors (Lipinski definition) is 4. The summed E-state index contributed by atoms with van der Waals surface area (Å²) in [5, 5.41) is 0. The Labute approximate surface area is 182 Å². The van der Waals surface area contributed by atoms with Crippen LogP contribution in [-0.4, -0.2) is 28.9 Å². The van der Waals surface area contributed by atoms with Gasteiger partial charge in [-0.1, -0.05) is 44.6 Å². The van der Waals surface area contributed by atoms with Gasteiger partial charge < -0.3 is 4.57 Å². The number of nitrogens with zero attached hydrogens (tertiary/aromatic N) is 6. The molecule has 0 radical (unpaired) electrons. The van der Waals surface area contributed by atoms with Crippen LogP contribution >= 0.6 is 0 Å². The molecule has 0 aromatic carbocycles. The molecule has 31 heavy (non-hydrogen) atoms. The van der Waals surface area contributed by atoms with Crippen molar-refractivity contribution in [2.24, 2.45) is 5.92 Å². The Kier molecular flexibility index (Phi) is 5.20. The molecule has 1 aliphatic rings. The minimum atomic E-state index is 0.591. The number of pyridine rings is 1. The monoisotopic (exact) mass is 410 g/mol. The van der Waals surface area contributed by atoms with E-state index in [1.165, 1.54) is 11.1 Å². The van der Waals surface area contributed by atoms with Crippen LogP contribution < -0.4 is 0 Å². The number of rotatable bonds is 6. The fourth-order valence-electron chi connectivity index (χ4n) is 4.07. The SMILES string of the molecule is CCCc1c(Cn2ccnc2-c2ccccn2)ncn2cc(C3=CCC(C)C=C3)nc12. The van der Waals surface area contributed by atoms with Crippen molar-refractivity contribution in [3.63, 3.8) is 0 Å². The Balaban J connectivity index is 1.53. The highest BCUT2D eigenvalue weighted by atomic mass is 15.1. The first-order valence-electron chi connectivity index (χ1n) is 10.9. The predicted octanol–water partition coefficient (Wildman–Crippen LogP) is 4.97. The van der Waals surface area contributed by atoms with Crippen LogP contribution in [0, 0.1) is 5.92 Å². The lowest BCUT2D eigenvalue weighted by Crippen LogP contribution is -2.09. The van der Waals surface area contributed by atoms with Gasteiger partial charge in [0.2, 0.25) is 0 Å². The molecular formula is C25H26N6. The number of hydrogen-bond donors (Lipinski definition) is 0. The summed E-state index contributed by atoms with van der Waals surface area (Å²) in [5.74, 6) is 1.44. The molecule has 6 nitrogen and oxygen atoms in total. The van der Waals surface area contributed by atoms with Gasteiger partial charge in [0.25, 0.3) is 0 Å². The Bertz CT molecular complexity index is 1260.